The van der Waals surface area contributed by atoms with Gasteiger partial charge in [0.25, 0.3) is 0 Å². The van der Waals surface area contributed by atoms with Crippen LogP contribution in [0.2, 0.25) is 0 Å². The molecule has 0 aromatic carbocycles. The van der Waals surface area contributed by atoms with Gasteiger partial charge in [0, 0.05) is 32.7 Å². The second kappa shape index (κ2) is 8.60. The Hall–Kier alpha value is -0.650. The molecule has 1 amide bonds. The number of piperazine rings is 1. The van der Waals surface area contributed by atoms with Crippen LogP contribution in [0.25, 0.3) is 0 Å². The highest BCUT2D eigenvalue weighted by Crippen LogP contribution is 2.08. The van der Waals surface area contributed by atoms with Gasteiger partial charge in [-0.15, -0.1) is 0 Å². The summed E-state index contributed by atoms with van der Waals surface area (Å²) in [6, 6.07) is 0.0427. The van der Waals surface area contributed by atoms with Crippen LogP contribution in [-0.2, 0) is 4.79 Å². The Morgan fingerprint density at radius 1 is 1.20 bits per heavy atom. The van der Waals surface area contributed by atoms with Crippen molar-refractivity contribution >= 4 is 5.91 Å². The smallest absolute Gasteiger partial charge is 0.237 e. The molecule has 5 heteroatoms. The van der Waals surface area contributed by atoms with E-state index in [0.717, 1.165) is 45.6 Å². The van der Waals surface area contributed by atoms with Crippen LogP contribution < -0.4 is 10.6 Å². The first kappa shape index (κ1) is 15.7. The Labute approximate surface area is 123 Å². The highest BCUT2D eigenvalue weighted by atomic mass is 16.2. The van der Waals surface area contributed by atoms with Gasteiger partial charge in [0.1, 0.15) is 0 Å². The number of nitrogens with zero attached hydrogens (tertiary/aromatic N) is 2. The molecule has 5 nitrogen and oxygen atoms in total. The van der Waals surface area contributed by atoms with Crippen molar-refractivity contribution in [2.45, 2.75) is 38.1 Å². The third-order valence-electron chi connectivity index (χ3n) is 4.42. The average molecular weight is 282 g/mol. The molecule has 0 aliphatic carbocycles. The predicted octanol–water partition coefficient (Wildman–Crippen LogP) is 0.272. The second-order valence-electron chi connectivity index (χ2n) is 6.15. The molecule has 2 saturated heterocycles. The van der Waals surface area contributed by atoms with E-state index in [1.165, 1.54) is 32.4 Å². The van der Waals surface area contributed by atoms with Crippen molar-refractivity contribution in [3.05, 3.63) is 0 Å². The van der Waals surface area contributed by atoms with Crippen LogP contribution in [0.4, 0.5) is 0 Å². The number of nitrogens with one attached hydrogen (secondary N) is 2. The van der Waals surface area contributed by atoms with Crippen molar-refractivity contribution < 1.29 is 4.79 Å². The van der Waals surface area contributed by atoms with Crippen LogP contribution in [0.5, 0.6) is 0 Å². The topological polar surface area (TPSA) is 47.6 Å². The van der Waals surface area contributed by atoms with E-state index in [9.17, 15) is 4.79 Å². The third kappa shape index (κ3) is 5.38. The minimum absolute atomic E-state index is 0.0427. The molecule has 2 aliphatic heterocycles. The molecule has 0 aromatic heterocycles. The first-order valence-corrected chi connectivity index (χ1v) is 8.18. The number of likely N-dealkylation sites (N-methyl/N-ethyl adjacent to an activating group) is 1. The van der Waals surface area contributed by atoms with E-state index in [1.54, 1.807) is 0 Å². The summed E-state index contributed by atoms with van der Waals surface area (Å²) in [5.74, 6) is 0.199. The molecule has 2 N–H and O–H groups in total. The average Bonchev–Trinajstić information content (AvgIpc) is 2.74. The lowest BCUT2D eigenvalue weighted by Crippen LogP contribution is -2.46. The standard InChI is InChI=1S/C15H30N4O/c1-18-10-12-19(13-11-18)9-5-8-17-15(20)14-6-3-2-4-7-16-14/h14,16H,2-13H2,1H3,(H,17,20). The van der Waals surface area contributed by atoms with Gasteiger partial charge in [-0.25, -0.2) is 0 Å². The predicted molar refractivity (Wildman–Crippen MR) is 81.8 cm³/mol. The molecule has 1 unspecified atom stereocenters. The van der Waals surface area contributed by atoms with Gasteiger partial charge in [-0.1, -0.05) is 12.8 Å². The van der Waals surface area contributed by atoms with E-state index >= 15 is 0 Å². The van der Waals surface area contributed by atoms with E-state index in [2.05, 4.69) is 27.5 Å². The van der Waals surface area contributed by atoms with Gasteiger partial charge in [-0.2, -0.15) is 0 Å². The quantitative estimate of drug-likeness (QED) is 0.711. The lowest BCUT2D eigenvalue weighted by atomic mass is 10.1. The van der Waals surface area contributed by atoms with E-state index in [0.29, 0.717) is 0 Å². The molecule has 0 aromatic rings. The summed E-state index contributed by atoms with van der Waals surface area (Å²) in [5.41, 5.74) is 0. The normalized spacial score (nSPS) is 26.1. The van der Waals surface area contributed by atoms with E-state index in [1.807, 2.05) is 0 Å². The van der Waals surface area contributed by atoms with Gasteiger partial charge in [0.2, 0.25) is 5.91 Å². The zero-order valence-electron chi connectivity index (χ0n) is 12.9. The number of rotatable bonds is 5. The molecule has 20 heavy (non-hydrogen) atoms. The fourth-order valence-corrected chi connectivity index (χ4v) is 2.96. The van der Waals surface area contributed by atoms with Crippen molar-refractivity contribution in [1.29, 1.82) is 0 Å². The highest BCUT2D eigenvalue weighted by molar-refractivity contribution is 5.81. The first-order chi connectivity index (χ1) is 9.75. The molecule has 0 bridgehead atoms. The maximum absolute atomic E-state index is 12.1. The lowest BCUT2D eigenvalue weighted by Gasteiger charge is -2.32. The molecule has 2 heterocycles. The van der Waals surface area contributed by atoms with E-state index in [-0.39, 0.29) is 11.9 Å². The van der Waals surface area contributed by atoms with Gasteiger partial charge in [-0.05, 0) is 39.4 Å². The minimum atomic E-state index is 0.0427. The van der Waals surface area contributed by atoms with Crippen molar-refractivity contribution in [3.63, 3.8) is 0 Å². The Balaban J connectivity index is 1.54. The summed E-state index contributed by atoms with van der Waals surface area (Å²) in [6.07, 6.45) is 5.67. The molecule has 0 saturated carbocycles. The highest BCUT2D eigenvalue weighted by Gasteiger charge is 2.19. The summed E-state index contributed by atoms with van der Waals surface area (Å²) in [7, 11) is 2.18. The maximum atomic E-state index is 12.1. The number of carbonyl (C=O) groups excluding carboxylic acids is 1. The van der Waals surface area contributed by atoms with Gasteiger partial charge in [-0.3, -0.25) is 4.79 Å². The van der Waals surface area contributed by atoms with Crippen molar-refractivity contribution in [2.24, 2.45) is 0 Å². The molecule has 0 radical (unpaired) electrons. The van der Waals surface area contributed by atoms with Crippen LogP contribution in [0.1, 0.15) is 32.1 Å². The first-order valence-electron chi connectivity index (χ1n) is 8.18. The van der Waals surface area contributed by atoms with E-state index < -0.39 is 0 Å². The monoisotopic (exact) mass is 282 g/mol. The molecular formula is C15H30N4O. The van der Waals surface area contributed by atoms with Gasteiger partial charge < -0.3 is 20.4 Å². The summed E-state index contributed by atoms with van der Waals surface area (Å²) in [4.78, 5) is 16.9. The molecule has 2 aliphatic rings. The molecule has 2 rings (SSSR count). The molecular weight excluding hydrogens is 252 g/mol. The minimum Gasteiger partial charge on any atom is -0.355 e. The molecule has 1 atom stereocenters. The number of hydrogen-bond donors (Lipinski definition) is 2. The van der Waals surface area contributed by atoms with Crippen molar-refractivity contribution in [2.75, 3.05) is 52.9 Å². The van der Waals surface area contributed by atoms with Gasteiger partial charge >= 0.3 is 0 Å². The second-order valence-corrected chi connectivity index (χ2v) is 6.15. The molecule has 0 spiro atoms. The lowest BCUT2D eigenvalue weighted by molar-refractivity contribution is -0.123. The number of hydrogen-bond acceptors (Lipinski definition) is 4. The fourth-order valence-electron chi connectivity index (χ4n) is 2.96. The number of amides is 1. The SMILES string of the molecule is CN1CCN(CCCNC(=O)C2CCCCCN2)CC1. The zero-order chi connectivity index (χ0) is 14.2. The Morgan fingerprint density at radius 2 is 2.00 bits per heavy atom. The Kier molecular flexibility index (Phi) is 6.76. The van der Waals surface area contributed by atoms with Crippen molar-refractivity contribution in [3.8, 4) is 0 Å². The van der Waals surface area contributed by atoms with Crippen LogP contribution in [0, 0.1) is 0 Å². The van der Waals surface area contributed by atoms with Gasteiger partial charge in [0.15, 0.2) is 0 Å². The molecule has 116 valence electrons. The molecule has 2 fully saturated rings. The van der Waals surface area contributed by atoms with Crippen LogP contribution in [-0.4, -0.2) is 74.6 Å². The summed E-state index contributed by atoms with van der Waals surface area (Å²) < 4.78 is 0. The fraction of sp³-hybridized carbons (Fsp3) is 0.933. The largest absolute Gasteiger partial charge is 0.355 e. The van der Waals surface area contributed by atoms with Crippen molar-refractivity contribution in [1.82, 2.24) is 20.4 Å². The summed E-state index contributed by atoms with van der Waals surface area (Å²) >= 11 is 0. The Morgan fingerprint density at radius 3 is 2.80 bits per heavy atom. The van der Waals surface area contributed by atoms with Crippen LogP contribution >= 0.6 is 0 Å². The van der Waals surface area contributed by atoms with Gasteiger partial charge in [0.05, 0.1) is 6.04 Å². The van der Waals surface area contributed by atoms with E-state index in [4.69, 9.17) is 0 Å². The maximum Gasteiger partial charge on any atom is 0.237 e. The summed E-state index contributed by atoms with van der Waals surface area (Å²) in [6.45, 7) is 7.55. The summed E-state index contributed by atoms with van der Waals surface area (Å²) in [5, 5.41) is 6.44. The Bertz CT molecular complexity index is 282. The number of carbonyl (C=O) groups is 1. The van der Waals surface area contributed by atoms with Crippen LogP contribution in [0.15, 0.2) is 0 Å². The third-order valence-corrected chi connectivity index (χ3v) is 4.42. The van der Waals surface area contributed by atoms with Crippen LogP contribution in [0.3, 0.4) is 0 Å². The zero-order valence-corrected chi connectivity index (χ0v) is 12.9.